The Balaban J connectivity index is 2.15. The number of phenols is 1. The maximum atomic E-state index is 12.1. The molecule has 0 heterocycles. The van der Waals surface area contributed by atoms with Crippen molar-refractivity contribution in [2.24, 2.45) is 0 Å². The van der Waals surface area contributed by atoms with Crippen molar-refractivity contribution in [1.29, 1.82) is 0 Å². The van der Waals surface area contributed by atoms with Crippen molar-refractivity contribution in [3.63, 3.8) is 0 Å². The van der Waals surface area contributed by atoms with Gasteiger partial charge in [-0.3, -0.25) is 9.59 Å². The normalized spacial score (nSPS) is 10.2. The van der Waals surface area contributed by atoms with Crippen molar-refractivity contribution in [3.8, 4) is 11.5 Å². The maximum absolute atomic E-state index is 12.1. The highest BCUT2D eigenvalue weighted by Gasteiger charge is 2.18. The Kier molecular flexibility index (Phi) is 5.31. The first-order chi connectivity index (χ1) is 11.3. The van der Waals surface area contributed by atoms with Crippen molar-refractivity contribution in [2.75, 3.05) is 17.7 Å². The van der Waals surface area contributed by atoms with Gasteiger partial charge in [-0.2, -0.15) is 0 Å². The van der Waals surface area contributed by atoms with Crippen LogP contribution in [0, 0.1) is 13.8 Å². The number of hydrogen-bond donors (Lipinski definition) is 3. The minimum absolute atomic E-state index is 0.115. The number of amides is 2. The molecule has 0 aliphatic carbocycles. The number of anilines is 2. The summed E-state index contributed by atoms with van der Waals surface area (Å²) >= 11 is 6.00. The summed E-state index contributed by atoms with van der Waals surface area (Å²) in [4.78, 5) is 24.1. The fourth-order valence-electron chi connectivity index (χ4n) is 2.04. The molecule has 0 saturated carbocycles. The zero-order valence-corrected chi connectivity index (χ0v) is 14.2. The molecule has 2 amide bonds. The molecule has 7 heteroatoms. The van der Waals surface area contributed by atoms with E-state index in [1.54, 1.807) is 32.0 Å². The number of aromatic hydroxyl groups is 1. The highest BCUT2D eigenvalue weighted by atomic mass is 35.5. The third kappa shape index (κ3) is 3.97. The second-order valence-electron chi connectivity index (χ2n) is 5.23. The van der Waals surface area contributed by atoms with E-state index >= 15 is 0 Å². The second kappa shape index (κ2) is 7.23. The monoisotopic (exact) mass is 348 g/mol. The van der Waals surface area contributed by atoms with Gasteiger partial charge in [0, 0.05) is 11.1 Å². The van der Waals surface area contributed by atoms with Crippen LogP contribution in [0.5, 0.6) is 11.5 Å². The third-order valence-electron chi connectivity index (χ3n) is 3.34. The molecule has 0 spiro atoms. The average Bonchev–Trinajstić information content (AvgIpc) is 2.53. The molecule has 0 aliphatic rings. The molecule has 2 rings (SSSR count). The van der Waals surface area contributed by atoms with Crippen LogP contribution in [0.15, 0.2) is 30.3 Å². The van der Waals surface area contributed by atoms with Gasteiger partial charge >= 0.3 is 11.8 Å². The van der Waals surface area contributed by atoms with Crippen LogP contribution < -0.4 is 15.4 Å². The zero-order chi connectivity index (χ0) is 17.9. The fourth-order valence-corrected chi connectivity index (χ4v) is 2.19. The van der Waals surface area contributed by atoms with Gasteiger partial charge in [-0.05, 0) is 43.2 Å². The van der Waals surface area contributed by atoms with Gasteiger partial charge in [-0.15, -0.1) is 0 Å². The molecule has 24 heavy (non-hydrogen) atoms. The van der Waals surface area contributed by atoms with E-state index in [0.717, 1.165) is 11.1 Å². The number of halogens is 1. The number of rotatable bonds is 3. The minimum atomic E-state index is -0.913. The molecular weight excluding hydrogens is 332 g/mol. The van der Waals surface area contributed by atoms with Crippen LogP contribution in [-0.4, -0.2) is 24.0 Å². The van der Waals surface area contributed by atoms with Gasteiger partial charge in [0.2, 0.25) is 0 Å². The number of aryl methyl sites for hydroxylation is 2. The molecule has 0 aromatic heterocycles. The summed E-state index contributed by atoms with van der Waals surface area (Å²) in [6, 6.07) is 7.87. The van der Waals surface area contributed by atoms with Gasteiger partial charge in [0.15, 0.2) is 0 Å². The lowest BCUT2D eigenvalue weighted by Crippen LogP contribution is -2.29. The Morgan fingerprint density at radius 2 is 1.67 bits per heavy atom. The molecule has 126 valence electrons. The molecule has 6 nitrogen and oxygen atoms in total. The molecule has 2 aromatic carbocycles. The largest absolute Gasteiger partial charge is 0.506 e. The number of methoxy groups -OCH3 is 1. The molecule has 0 radical (unpaired) electrons. The molecule has 0 bridgehead atoms. The van der Waals surface area contributed by atoms with E-state index in [1.807, 2.05) is 0 Å². The summed E-state index contributed by atoms with van der Waals surface area (Å²) in [7, 11) is 1.43. The summed E-state index contributed by atoms with van der Waals surface area (Å²) in [6.45, 7) is 3.56. The van der Waals surface area contributed by atoms with Crippen molar-refractivity contribution >= 4 is 34.8 Å². The molecule has 0 fully saturated rings. The van der Waals surface area contributed by atoms with E-state index in [9.17, 15) is 14.7 Å². The van der Waals surface area contributed by atoms with Crippen LogP contribution in [0.2, 0.25) is 5.02 Å². The highest BCUT2D eigenvalue weighted by Crippen LogP contribution is 2.31. The van der Waals surface area contributed by atoms with Crippen LogP contribution in [0.3, 0.4) is 0 Å². The number of carbonyl (C=O) groups is 2. The number of carbonyl (C=O) groups excluding carboxylic acids is 2. The quantitative estimate of drug-likeness (QED) is 0.587. The lowest BCUT2D eigenvalue weighted by Gasteiger charge is -2.12. The van der Waals surface area contributed by atoms with Crippen LogP contribution in [0.1, 0.15) is 11.1 Å². The number of hydrogen-bond acceptors (Lipinski definition) is 4. The zero-order valence-electron chi connectivity index (χ0n) is 13.4. The van der Waals surface area contributed by atoms with Crippen LogP contribution >= 0.6 is 11.6 Å². The topological polar surface area (TPSA) is 87.7 Å². The molecule has 3 N–H and O–H groups in total. The standard InChI is InChI=1S/C17H17ClN2O4/c1-9-4-5-12(14(21)6-9)19-16(22)17(23)20-13-7-10(2)11(18)8-15(13)24-3/h4-8,21H,1-3H3,(H,19,22)(H,20,23). The van der Waals surface area contributed by atoms with E-state index in [0.29, 0.717) is 16.5 Å². The van der Waals surface area contributed by atoms with Gasteiger partial charge in [0.25, 0.3) is 0 Å². The molecular formula is C17H17ClN2O4. The SMILES string of the molecule is COc1cc(Cl)c(C)cc1NC(=O)C(=O)Nc1ccc(C)cc1O. The summed E-state index contributed by atoms with van der Waals surface area (Å²) in [6.07, 6.45) is 0. The van der Waals surface area contributed by atoms with E-state index in [1.165, 1.54) is 19.2 Å². The summed E-state index contributed by atoms with van der Waals surface area (Å²) in [5, 5.41) is 15.1. The van der Waals surface area contributed by atoms with Gasteiger partial charge in [-0.1, -0.05) is 17.7 Å². The lowest BCUT2D eigenvalue weighted by molar-refractivity contribution is -0.133. The van der Waals surface area contributed by atoms with Crippen molar-refractivity contribution < 1.29 is 19.4 Å². The average molecular weight is 349 g/mol. The minimum Gasteiger partial charge on any atom is -0.506 e. The number of benzene rings is 2. The first kappa shape index (κ1) is 17.6. The Morgan fingerprint density at radius 3 is 2.25 bits per heavy atom. The predicted molar refractivity (Wildman–Crippen MR) is 92.8 cm³/mol. The van der Waals surface area contributed by atoms with Gasteiger partial charge in [-0.25, -0.2) is 0 Å². The lowest BCUT2D eigenvalue weighted by atomic mass is 10.2. The summed E-state index contributed by atoms with van der Waals surface area (Å²) in [5.41, 5.74) is 2.04. The predicted octanol–water partition coefficient (Wildman–Crippen LogP) is 3.25. The molecule has 0 unspecified atom stereocenters. The Bertz CT molecular complexity index is 805. The van der Waals surface area contributed by atoms with E-state index in [2.05, 4.69) is 10.6 Å². The molecule has 0 atom stereocenters. The van der Waals surface area contributed by atoms with Gasteiger partial charge in [0.05, 0.1) is 18.5 Å². The smallest absolute Gasteiger partial charge is 0.314 e. The van der Waals surface area contributed by atoms with Crippen molar-refractivity contribution in [3.05, 3.63) is 46.5 Å². The van der Waals surface area contributed by atoms with E-state index < -0.39 is 11.8 Å². The first-order valence-electron chi connectivity index (χ1n) is 7.08. The first-order valence-corrected chi connectivity index (χ1v) is 7.45. The number of phenolic OH excluding ortho intramolecular Hbond substituents is 1. The maximum Gasteiger partial charge on any atom is 0.314 e. The van der Waals surface area contributed by atoms with Gasteiger partial charge < -0.3 is 20.5 Å². The second-order valence-corrected chi connectivity index (χ2v) is 5.64. The molecule has 0 aliphatic heterocycles. The Hall–Kier alpha value is -2.73. The van der Waals surface area contributed by atoms with Crippen LogP contribution in [0.25, 0.3) is 0 Å². The van der Waals surface area contributed by atoms with Crippen LogP contribution in [0.4, 0.5) is 11.4 Å². The Morgan fingerprint density at radius 1 is 1.04 bits per heavy atom. The third-order valence-corrected chi connectivity index (χ3v) is 3.74. The van der Waals surface area contributed by atoms with Crippen molar-refractivity contribution in [2.45, 2.75) is 13.8 Å². The fraction of sp³-hybridized carbons (Fsp3) is 0.176. The number of nitrogens with one attached hydrogen (secondary N) is 2. The molecule has 2 aromatic rings. The Labute approximate surface area is 144 Å². The highest BCUT2D eigenvalue weighted by molar-refractivity contribution is 6.44. The van der Waals surface area contributed by atoms with Crippen LogP contribution in [-0.2, 0) is 9.59 Å². The number of ether oxygens (including phenoxy) is 1. The summed E-state index contributed by atoms with van der Waals surface area (Å²) in [5.74, 6) is -1.58. The van der Waals surface area contributed by atoms with E-state index in [-0.39, 0.29) is 11.4 Å². The molecule has 0 saturated heterocycles. The van der Waals surface area contributed by atoms with Crippen molar-refractivity contribution in [1.82, 2.24) is 0 Å². The van der Waals surface area contributed by atoms with E-state index in [4.69, 9.17) is 16.3 Å². The van der Waals surface area contributed by atoms with Gasteiger partial charge in [0.1, 0.15) is 11.5 Å². The summed E-state index contributed by atoms with van der Waals surface area (Å²) < 4.78 is 5.14.